The Morgan fingerprint density at radius 3 is 2.83 bits per heavy atom. The molecule has 1 aromatic rings. The molecule has 2 N–H and O–H groups in total. The zero-order valence-corrected chi connectivity index (χ0v) is 11.8. The average Bonchev–Trinajstić information content (AvgIpc) is 2.30. The van der Waals surface area contributed by atoms with Gasteiger partial charge in [-0.3, -0.25) is 0 Å². The molecule has 0 heterocycles. The fourth-order valence-corrected chi connectivity index (χ4v) is 1.79. The van der Waals surface area contributed by atoms with Crippen molar-refractivity contribution < 1.29 is 9.84 Å². The van der Waals surface area contributed by atoms with E-state index >= 15 is 0 Å². The van der Waals surface area contributed by atoms with Gasteiger partial charge in [0.2, 0.25) is 0 Å². The summed E-state index contributed by atoms with van der Waals surface area (Å²) >= 11 is 6.00. The first-order valence-electron chi connectivity index (χ1n) is 6.36. The summed E-state index contributed by atoms with van der Waals surface area (Å²) in [5.41, 5.74) is 0.752. The number of nitrogens with one attached hydrogen (secondary N) is 1. The Bertz CT molecular complexity index is 335. The van der Waals surface area contributed by atoms with Gasteiger partial charge in [-0.25, -0.2) is 0 Å². The summed E-state index contributed by atoms with van der Waals surface area (Å²) in [6.07, 6.45) is 0.956. The number of benzene rings is 1. The van der Waals surface area contributed by atoms with Crippen molar-refractivity contribution in [1.82, 2.24) is 5.32 Å². The van der Waals surface area contributed by atoms with Crippen LogP contribution < -0.4 is 5.32 Å². The standard InChI is InChI=1S/C14H22ClNO2/c1-11(2)10-18-8-4-7-16-9-12-13(15)5-3-6-14(12)17/h3,5-6,11,16-17H,4,7-10H2,1-2H3. The molecule has 0 spiro atoms. The van der Waals surface area contributed by atoms with E-state index in [1.165, 1.54) is 0 Å². The third kappa shape index (κ3) is 5.71. The molecule has 3 nitrogen and oxygen atoms in total. The molecule has 0 aliphatic rings. The highest BCUT2D eigenvalue weighted by atomic mass is 35.5. The Balaban J connectivity index is 2.14. The van der Waals surface area contributed by atoms with Gasteiger partial charge in [0, 0.05) is 30.3 Å². The average molecular weight is 272 g/mol. The van der Waals surface area contributed by atoms with Gasteiger partial charge in [0.1, 0.15) is 5.75 Å². The summed E-state index contributed by atoms with van der Waals surface area (Å²) < 4.78 is 5.48. The van der Waals surface area contributed by atoms with Gasteiger partial charge >= 0.3 is 0 Å². The molecule has 0 amide bonds. The molecule has 0 saturated carbocycles. The molecule has 0 atom stereocenters. The van der Waals surface area contributed by atoms with E-state index in [1.54, 1.807) is 18.2 Å². The van der Waals surface area contributed by atoms with Gasteiger partial charge in [-0.1, -0.05) is 31.5 Å². The summed E-state index contributed by atoms with van der Waals surface area (Å²) in [5, 5.41) is 13.5. The molecule has 0 fully saturated rings. The highest BCUT2D eigenvalue weighted by Crippen LogP contribution is 2.24. The van der Waals surface area contributed by atoms with Crippen molar-refractivity contribution in [3.05, 3.63) is 28.8 Å². The number of phenols is 1. The molecule has 18 heavy (non-hydrogen) atoms. The molecule has 0 bridgehead atoms. The van der Waals surface area contributed by atoms with Crippen LogP contribution in [0.1, 0.15) is 25.8 Å². The largest absolute Gasteiger partial charge is 0.508 e. The van der Waals surface area contributed by atoms with Gasteiger partial charge in [0.25, 0.3) is 0 Å². The van der Waals surface area contributed by atoms with Gasteiger partial charge in [-0.15, -0.1) is 0 Å². The smallest absolute Gasteiger partial charge is 0.121 e. The van der Waals surface area contributed by atoms with Crippen LogP contribution in [0, 0.1) is 5.92 Å². The summed E-state index contributed by atoms with van der Waals surface area (Å²) in [4.78, 5) is 0. The molecule has 0 unspecified atom stereocenters. The van der Waals surface area contributed by atoms with Crippen molar-refractivity contribution in [3.8, 4) is 5.75 Å². The van der Waals surface area contributed by atoms with Gasteiger partial charge in [-0.2, -0.15) is 0 Å². The molecule has 1 aromatic carbocycles. The third-order valence-electron chi connectivity index (χ3n) is 2.49. The third-order valence-corrected chi connectivity index (χ3v) is 2.84. The lowest BCUT2D eigenvalue weighted by Gasteiger charge is -2.09. The van der Waals surface area contributed by atoms with E-state index in [2.05, 4.69) is 19.2 Å². The second-order valence-electron chi connectivity index (χ2n) is 4.74. The SMILES string of the molecule is CC(C)COCCCNCc1c(O)cccc1Cl. The Labute approximate surface area is 114 Å². The lowest BCUT2D eigenvalue weighted by molar-refractivity contribution is 0.108. The zero-order chi connectivity index (χ0) is 13.4. The molecular weight excluding hydrogens is 250 g/mol. The van der Waals surface area contributed by atoms with Crippen LogP contribution in [0.25, 0.3) is 0 Å². The van der Waals surface area contributed by atoms with Crippen molar-refractivity contribution in [2.24, 2.45) is 5.92 Å². The number of aromatic hydroxyl groups is 1. The minimum Gasteiger partial charge on any atom is -0.508 e. The molecule has 0 saturated heterocycles. The van der Waals surface area contributed by atoms with Crippen LogP contribution in [0.3, 0.4) is 0 Å². The van der Waals surface area contributed by atoms with Gasteiger partial charge in [0.05, 0.1) is 0 Å². The number of halogens is 1. The van der Waals surface area contributed by atoms with Gasteiger partial charge in [-0.05, 0) is 31.0 Å². The minimum absolute atomic E-state index is 0.242. The molecule has 102 valence electrons. The summed E-state index contributed by atoms with van der Waals surface area (Å²) in [6.45, 7) is 7.28. The number of ether oxygens (including phenoxy) is 1. The van der Waals surface area contributed by atoms with E-state index in [-0.39, 0.29) is 5.75 Å². The highest BCUT2D eigenvalue weighted by Gasteiger charge is 2.04. The van der Waals surface area contributed by atoms with Crippen LogP contribution in [-0.4, -0.2) is 24.9 Å². The van der Waals surface area contributed by atoms with E-state index in [0.717, 1.165) is 31.7 Å². The van der Waals surface area contributed by atoms with Crippen molar-refractivity contribution >= 4 is 11.6 Å². The second kappa shape index (κ2) is 8.35. The molecule has 0 aliphatic carbocycles. The van der Waals surface area contributed by atoms with Crippen LogP contribution in [0.15, 0.2) is 18.2 Å². The van der Waals surface area contributed by atoms with Crippen LogP contribution in [0.5, 0.6) is 5.75 Å². The monoisotopic (exact) mass is 271 g/mol. The fourth-order valence-electron chi connectivity index (χ4n) is 1.55. The van der Waals surface area contributed by atoms with Crippen molar-refractivity contribution in [3.63, 3.8) is 0 Å². The Hall–Kier alpha value is -0.770. The normalized spacial score (nSPS) is 11.1. The second-order valence-corrected chi connectivity index (χ2v) is 5.14. The predicted octanol–water partition coefficient (Wildman–Crippen LogP) is 3.20. The first-order valence-corrected chi connectivity index (χ1v) is 6.74. The van der Waals surface area contributed by atoms with Crippen LogP contribution in [0.4, 0.5) is 0 Å². The topological polar surface area (TPSA) is 41.5 Å². The van der Waals surface area contributed by atoms with E-state index in [0.29, 0.717) is 17.5 Å². The predicted molar refractivity (Wildman–Crippen MR) is 75.1 cm³/mol. The summed E-state index contributed by atoms with van der Waals surface area (Å²) in [5.74, 6) is 0.823. The number of phenolic OH excluding ortho intramolecular Hbond substituents is 1. The maximum atomic E-state index is 9.64. The van der Waals surface area contributed by atoms with Gasteiger partial charge < -0.3 is 15.2 Å². The molecular formula is C14H22ClNO2. The highest BCUT2D eigenvalue weighted by molar-refractivity contribution is 6.31. The van der Waals surface area contributed by atoms with E-state index in [4.69, 9.17) is 16.3 Å². The zero-order valence-electron chi connectivity index (χ0n) is 11.1. The molecule has 0 aromatic heterocycles. The molecule has 0 aliphatic heterocycles. The first-order chi connectivity index (χ1) is 8.61. The van der Waals surface area contributed by atoms with Crippen LogP contribution in [-0.2, 0) is 11.3 Å². The Morgan fingerprint density at radius 1 is 1.39 bits per heavy atom. The van der Waals surface area contributed by atoms with Gasteiger partial charge in [0.15, 0.2) is 0 Å². The maximum absolute atomic E-state index is 9.64. The first kappa shape index (κ1) is 15.3. The molecule has 0 radical (unpaired) electrons. The number of hydrogen-bond donors (Lipinski definition) is 2. The minimum atomic E-state index is 0.242. The lowest BCUT2D eigenvalue weighted by Crippen LogP contribution is -2.17. The van der Waals surface area contributed by atoms with E-state index < -0.39 is 0 Å². The van der Waals surface area contributed by atoms with Crippen molar-refractivity contribution in [2.75, 3.05) is 19.8 Å². The Kier molecular flexibility index (Phi) is 7.09. The van der Waals surface area contributed by atoms with E-state index in [1.807, 2.05) is 0 Å². The summed E-state index contributed by atoms with van der Waals surface area (Å²) in [7, 11) is 0. The summed E-state index contributed by atoms with van der Waals surface area (Å²) in [6, 6.07) is 5.17. The number of rotatable bonds is 8. The molecule has 4 heteroatoms. The molecule has 1 rings (SSSR count). The van der Waals surface area contributed by atoms with Crippen LogP contribution in [0.2, 0.25) is 5.02 Å². The number of hydrogen-bond acceptors (Lipinski definition) is 3. The quantitative estimate of drug-likeness (QED) is 0.714. The maximum Gasteiger partial charge on any atom is 0.121 e. The lowest BCUT2D eigenvalue weighted by atomic mass is 10.2. The van der Waals surface area contributed by atoms with Crippen LogP contribution >= 0.6 is 11.6 Å². The fraction of sp³-hybridized carbons (Fsp3) is 0.571. The van der Waals surface area contributed by atoms with Crippen molar-refractivity contribution in [1.29, 1.82) is 0 Å². The van der Waals surface area contributed by atoms with E-state index in [9.17, 15) is 5.11 Å². The Morgan fingerprint density at radius 2 is 2.17 bits per heavy atom. The van der Waals surface area contributed by atoms with Crippen molar-refractivity contribution in [2.45, 2.75) is 26.8 Å².